The number of nitriles is 1. The Balaban J connectivity index is 1.29. The standard InChI is InChI=1S/C27H23N7O3/c1-3-25(35)31-23-6-4-5-19(9-23)27(36)32-8-7-18(14-32)15-33-16-22(13-29-33)20-10-24(37-2)26-21(11-28)12-30-34(26)17-20/h3-6,9-10,12-13,15-18H,1,7-8,14H2,2H3/p+1/b33-15-. The van der Waals surface area contributed by atoms with Crippen LogP contribution in [-0.2, 0) is 4.79 Å². The smallest absolute Gasteiger partial charge is 0.253 e. The highest BCUT2D eigenvalue weighted by Gasteiger charge is 2.29. The Morgan fingerprint density at radius 1 is 1.35 bits per heavy atom. The van der Waals surface area contributed by atoms with Crippen molar-refractivity contribution in [2.75, 3.05) is 25.5 Å². The molecule has 0 radical (unpaired) electrons. The number of allylic oxidation sites excluding steroid dienone is 1. The highest BCUT2D eigenvalue weighted by Crippen LogP contribution is 2.28. The number of pyridine rings is 1. The molecule has 184 valence electrons. The van der Waals surface area contributed by atoms with Gasteiger partial charge in [0, 0.05) is 36.1 Å². The largest absolute Gasteiger partial charge is 0.494 e. The summed E-state index contributed by atoms with van der Waals surface area (Å²) < 4.78 is 8.89. The van der Waals surface area contributed by atoms with E-state index in [2.05, 4.69) is 28.2 Å². The number of aromatic nitrogens is 2. The molecule has 0 bridgehead atoms. The normalized spacial score (nSPS) is 17.6. The number of benzene rings is 1. The molecule has 2 aromatic heterocycles. The fourth-order valence-electron chi connectivity index (χ4n) is 4.46. The molecule has 10 nitrogen and oxygen atoms in total. The summed E-state index contributed by atoms with van der Waals surface area (Å²) in [6, 6.07) is 10.9. The van der Waals surface area contributed by atoms with Crippen LogP contribution in [0.3, 0.4) is 0 Å². The number of rotatable bonds is 6. The van der Waals surface area contributed by atoms with E-state index in [0.717, 1.165) is 17.6 Å². The quantitative estimate of drug-likeness (QED) is 0.418. The molecule has 2 aliphatic rings. The number of carbonyl (C=O) groups excluding carboxylic acids is 2. The molecule has 4 heterocycles. The maximum Gasteiger partial charge on any atom is 0.253 e. The predicted octanol–water partition coefficient (Wildman–Crippen LogP) is 2.92. The van der Waals surface area contributed by atoms with Gasteiger partial charge in [0.15, 0.2) is 6.21 Å². The first-order chi connectivity index (χ1) is 18.0. The van der Waals surface area contributed by atoms with E-state index in [0.29, 0.717) is 41.2 Å². The van der Waals surface area contributed by atoms with Gasteiger partial charge in [0.1, 0.15) is 29.1 Å². The summed E-state index contributed by atoms with van der Waals surface area (Å²) >= 11 is 0. The van der Waals surface area contributed by atoms with Crippen LogP contribution in [0.15, 0.2) is 66.7 Å². The second-order valence-electron chi connectivity index (χ2n) is 8.69. The predicted molar refractivity (Wildman–Crippen MR) is 139 cm³/mol. The first-order valence-electron chi connectivity index (χ1n) is 11.7. The van der Waals surface area contributed by atoms with E-state index < -0.39 is 0 Å². The molecular formula is C27H24N7O3+. The van der Waals surface area contributed by atoms with Crippen molar-refractivity contribution in [2.45, 2.75) is 6.42 Å². The van der Waals surface area contributed by atoms with E-state index >= 15 is 0 Å². The molecule has 1 fully saturated rings. The van der Waals surface area contributed by atoms with Gasteiger partial charge < -0.3 is 15.0 Å². The van der Waals surface area contributed by atoms with E-state index in [4.69, 9.17) is 4.74 Å². The highest BCUT2D eigenvalue weighted by atomic mass is 16.5. The lowest BCUT2D eigenvalue weighted by atomic mass is 10.1. The van der Waals surface area contributed by atoms with Gasteiger partial charge in [0.05, 0.1) is 24.8 Å². The molecule has 2 aliphatic heterocycles. The molecule has 1 unspecified atom stereocenters. The molecule has 5 rings (SSSR count). The number of ether oxygens (including phenoxy) is 1. The number of methoxy groups -OCH3 is 1. The number of hydrazone groups is 1. The molecule has 10 heteroatoms. The fourth-order valence-corrected chi connectivity index (χ4v) is 4.46. The van der Waals surface area contributed by atoms with Crippen LogP contribution in [-0.4, -0.2) is 63.6 Å². The Labute approximate surface area is 213 Å². The van der Waals surface area contributed by atoms with Crippen molar-refractivity contribution in [1.29, 1.82) is 5.26 Å². The van der Waals surface area contributed by atoms with Crippen molar-refractivity contribution in [3.63, 3.8) is 0 Å². The summed E-state index contributed by atoms with van der Waals surface area (Å²) in [6.45, 7) is 4.65. The number of amides is 2. The third kappa shape index (κ3) is 4.75. The first-order valence-corrected chi connectivity index (χ1v) is 11.7. The molecular weight excluding hydrogens is 470 g/mol. The van der Waals surface area contributed by atoms with Crippen LogP contribution in [0, 0.1) is 17.2 Å². The highest BCUT2D eigenvalue weighted by molar-refractivity contribution is 6.10. The van der Waals surface area contributed by atoms with Gasteiger partial charge in [-0.1, -0.05) is 17.3 Å². The molecule has 0 saturated carbocycles. The van der Waals surface area contributed by atoms with E-state index in [1.807, 2.05) is 29.6 Å². The van der Waals surface area contributed by atoms with Crippen molar-refractivity contribution >= 4 is 41.0 Å². The van der Waals surface area contributed by atoms with E-state index in [-0.39, 0.29) is 17.7 Å². The van der Waals surface area contributed by atoms with Gasteiger partial charge in [-0.2, -0.15) is 10.4 Å². The average Bonchev–Trinajstić information content (AvgIpc) is 3.68. The van der Waals surface area contributed by atoms with Crippen LogP contribution in [0.4, 0.5) is 5.69 Å². The van der Waals surface area contributed by atoms with Gasteiger partial charge in [0.2, 0.25) is 12.1 Å². The molecule has 1 aromatic carbocycles. The maximum atomic E-state index is 13.0. The summed E-state index contributed by atoms with van der Waals surface area (Å²) in [5.74, 6) is 0.292. The van der Waals surface area contributed by atoms with Crippen molar-refractivity contribution in [1.82, 2.24) is 14.5 Å². The summed E-state index contributed by atoms with van der Waals surface area (Å²) in [6.07, 6.45) is 11.0. The molecule has 2 amide bonds. The minimum Gasteiger partial charge on any atom is -0.494 e. The molecule has 1 atom stereocenters. The molecule has 1 saturated heterocycles. The second-order valence-corrected chi connectivity index (χ2v) is 8.69. The topological polar surface area (TPSA) is 115 Å². The van der Waals surface area contributed by atoms with E-state index in [1.165, 1.54) is 12.3 Å². The van der Waals surface area contributed by atoms with Crippen LogP contribution < -0.4 is 10.1 Å². The van der Waals surface area contributed by atoms with Crippen molar-refractivity contribution in [2.24, 2.45) is 11.0 Å². The summed E-state index contributed by atoms with van der Waals surface area (Å²) in [5, 5.41) is 20.7. The number of hydrogen-bond donors (Lipinski definition) is 1. The Morgan fingerprint density at radius 3 is 3.00 bits per heavy atom. The van der Waals surface area contributed by atoms with Crippen LogP contribution in [0.1, 0.15) is 27.9 Å². The first kappa shape index (κ1) is 23.7. The summed E-state index contributed by atoms with van der Waals surface area (Å²) in [5.41, 5.74) is 3.86. The molecule has 0 aliphatic carbocycles. The second kappa shape index (κ2) is 9.91. The minimum absolute atomic E-state index is 0.0804. The molecule has 1 N–H and O–H groups in total. The summed E-state index contributed by atoms with van der Waals surface area (Å²) in [4.78, 5) is 26.4. The van der Waals surface area contributed by atoms with Gasteiger partial charge in [-0.3, -0.25) is 9.59 Å². The molecule has 0 spiro atoms. The number of hydrogen-bond acceptors (Lipinski definition) is 6. The van der Waals surface area contributed by atoms with Gasteiger partial charge in [-0.05, 0) is 41.9 Å². The van der Waals surface area contributed by atoms with Crippen molar-refractivity contribution in [3.05, 3.63) is 78.3 Å². The fraction of sp³-hybridized carbons (Fsp3) is 0.185. The van der Waals surface area contributed by atoms with Gasteiger partial charge in [0.25, 0.3) is 5.91 Å². The van der Waals surface area contributed by atoms with Crippen molar-refractivity contribution < 1.29 is 19.0 Å². The van der Waals surface area contributed by atoms with Crippen LogP contribution in [0.25, 0.3) is 11.1 Å². The molecule has 3 aromatic rings. The Bertz CT molecular complexity index is 1560. The zero-order valence-electron chi connectivity index (χ0n) is 20.2. The lowest BCUT2D eigenvalue weighted by molar-refractivity contribution is -0.454. The number of likely N-dealkylation sites (tertiary alicyclic amines) is 1. The SMILES string of the molecule is C=CC(=O)Nc1cccc(C(=O)N2CCC(/C=[N+]3/C=C(c4cc(OC)c5c(C#N)cnn5c4)C=N3)C2)c1. The van der Waals surface area contributed by atoms with Gasteiger partial charge >= 0.3 is 0 Å². The lowest BCUT2D eigenvalue weighted by Gasteiger charge is -2.16. The van der Waals surface area contributed by atoms with Gasteiger partial charge in [-0.15, -0.1) is 0 Å². The number of fused-ring (bicyclic) bond motifs is 1. The zero-order chi connectivity index (χ0) is 25.9. The van der Waals surface area contributed by atoms with Crippen LogP contribution >= 0.6 is 0 Å². The average molecular weight is 495 g/mol. The maximum absolute atomic E-state index is 13.0. The Morgan fingerprint density at radius 2 is 2.22 bits per heavy atom. The van der Waals surface area contributed by atoms with E-state index in [9.17, 15) is 14.9 Å². The zero-order valence-corrected chi connectivity index (χ0v) is 20.2. The molecule has 37 heavy (non-hydrogen) atoms. The van der Waals surface area contributed by atoms with Crippen LogP contribution in [0.5, 0.6) is 5.75 Å². The van der Waals surface area contributed by atoms with Crippen LogP contribution in [0.2, 0.25) is 0 Å². The number of carbonyl (C=O) groups is 2. The third-order valence-electron chi connectivity index (χ3n) is 6.29. The Hall–Kier alpha value is -5.04. The third-order valence-corrected chi connectivity index (χ3v) is 6.29. The lowest BCUT2D eigenvalue weighted by Crippen LogP contribution is -2.29. The number of anilines is 1. The Kier molecular flexibility index (Phi) is 6.34. The summed E-state index contributed by atoms with van der Waals surface area (Å²) in [7, 11) is 1.56. The van der Waals surface area contributed by atoms with E-state index in [1.54, 1.807) is 46.8 Å². The number of nitrogens with zero attached hydrogens (tertiary/aromatic N) is 6. The number of nitrogens with one attached hydrogen (secondary N) is 1. The minimum atomic E-state index is -0.325. The van der Waals surface area contributed by atoms with Gasteiger partial charge in [-0.25, -0.2) is 4.52 Å². The van der Waals surface area contributed by atoms with Crippen molar-refractivity contribution in [3.8, 4) is 11.8 Å². The monoisotopic (exact) mass is 494 g/mol.